The molecule has 4 aromatic carbocycles. The molecule has 0 radical (unpaired) electrons. The first-order chi connectivity index (χ1) is 21.6. The fourth-order valence-electron chi connectivity index (χ4n) is 7.04. The summed E-state index contributed by atoms with van der Waals surface area (Å²) in [6, 6.07) is 35.2. The number of rotatable bonds is 9. The summed E-state index contributed by atoms with van der Waals surface area (Å²) in [5.74, 6) is 0.360. The number of anilines is 1. The van der Waals surface area contributed by atoms with Crippen molar-refractivity contribution < 1.29 is 14.3 Å². The zero-order valence-electron chi connectivity index (χ0n) is 25.7. The Balaban J connectivity index is 1.67. The van der Waals surface area contributed by atoms with Crippen LogP contribution >= 0.6 is 0 Å². The molecule has 6 nitrogen and oxygen atoms in total. The molecule has 0 saturated carbocycles. The molecule has 0 spiro atoms. The zero-order valence-corrected chi connectivity index (χ0v) is 25.7. The van der Waals surface area contributed by atoms with Gasteiger partial charge in [0.2, 0.25) is 5.60 Å². The Morgan fingerprint density at radius 2 is 1.45 bits per heavy atom. The highest BCUT2D eigenvalue weighted by Crippen LogP contribution is 2.54. The van der Waals surface area contributed by atoms with E-state index < -0.39 is 5.60 Å². The van der Waals surface area contributed by atoms with Gasteiger partial charge in [0.05, 0.1) is 28.9 Å². The van der Waals surface area contributed by atoms with Gasteiger partial charge in [0, 0.05) is 48.1 Å². The van der Waals surface area contributed by atoms with Crippen molar-refractivity contribution in [3.8, 4) is 16.9 Å². The van der Waals surface area contributed by atoms with Crippen molar-refractivity contribution in [3.05, 3.63) is 126 Å². The van der Waals surface area contributed by atoms with E-state index in [9.17, 15) is 4.79 Å². The van der Waals surface area contributed by atoms with Crippen molar-refractivity contribution in [3.63, 3.8) is 0 Å². The third-order valence-electron chi connectivity index (χ3n) is 8.95. The van der Waals surface area contributed by atoms with Crippen LogP contribution < -0.4 is 9.64 Å². The molecule has 6 aromatic rings. The summed E-state index contributed by atoms with van der Waals surface area (Å²) in [7, 11) is 0. The van der Waals surface area contributed by atoms with Gasteiger partial charge in [-0.3, -0.25) is 4.40 Å². The summed E-state index contributed by atoms with van der Waals surface area (Å²) >= 11 is 0. The summed E-state index contributed by atoms with van der Waals surface area (Å²) in [4.78, 5) is 16.2. The van der Waals surface area contributed by atoms with Crippen LogP contribution in [0.3, 0.4) is 0 Å². The number of carbonyl (C=O) groups excluding carboxylic acids is 1. The second-order valence-corrected chi connectivity index (χ2v) is 11.1. The van der Waals surface area contributed by atoms with Gasteiger partial charge < -0.3 is 18.9 Å². The largest absolute Gasteiger partial charge is 0.493 e. The highest BCUT2D eigenvalue weighted by molar-refractivity contribution is 5.98. The minimum Gasteiger partial charge on any atom is -0.493 e. The molecule has 0 aliphatic carbocycles. The third-order valence-corrected chi connectivity index (χ3v) is 8.95. The maximum atomic E-state index is 13.9. The number of hydrogen-bond donors (Lipinski definition) is 0. The Bertz CT molecular complexity index is 2000. The molecule has 0 bridgehead atoms. The number of aryl methyl sites for hydroxylation is 1. The lowest BCUT2D eigenvalue weighted by Gasteiger charge is -2.33. The van der Waals surface area contributed by atoms with Crippen LogP contribution in [0, 0.1) is 0 Å². The van der Waals surface area contributed by atoms with Gasteiger partial charge in [-0.15, -0.1) is 0 Å². The van der Waals surface area contributed by atoms with Crippen molar-refractivity contribution in [1.29, 1.82) is 0 Å². The molecule has 0 N–H and O–H groups in total. The second-order valence-electron chi connectivity index (χ2n) is 11.1. The minimum atomic E-state index is -1.28. The number of ether oxygens (including phenoxy) is 2. The summed E-state index contributed by atoms with van der Waals surface area (Å²) in [6.07, 6.45) is 0. The van der Waals surface area contributed by atoms with Gasteiger partial charge in [-0.2, -0.15) is 0 Å². The number of carbonyl (C=O) groups is 1. The van der Waals surface area contributed by atoms with E-state index in [2.05, 4.69) is 107 Å². The number of aromatic nitrogens is 2. The molecule has 0 amide bonds. The summed E-state index contributed by atoms with van der Waals surface area (Å²) < 4.78 is 17.9. The van der Waals surface area contributed by atoms with E-state index in [-0.39, 0.29) is 5.97 Å². The van der Waals surface area contributed by atoms with Crippen LogP contribution in [0.4, 0.5) is 5.69 Å². The van der Waals surface area contributed by atoms with Crippen molar-refractivity contribution in [2.24, 2.45) is 0 Å². The monoisotopic (exact) mass is 583 g/mol. The topological polar surface area (TPSA) is 48.1 Å². The number of cyclic esters (lactones) is 1. The minimum absolute atomic E-state index is 0.343. The first kappa shape index (κ1) is 27.8. The fraction of sp³-hybridized carbons (Fsp3) is 0.237. The number of fused-ring (bicyclic) bond motifs is 4. The molecule has 0 saturated heterocycles. The molecule has 6 heteroatoms. The number of nitrogens with zero attached hydrogens (tertiary/aromatic N) is 3. The van der Waals surface area contributed by atoms with Crippen LogP contribution in [0.1, 0.15) is 54.9 Å². The lowest BCUT2D eigenvalue weighted by Crippen LogP contribution is -2.32. The third kappa shape index (κ3) is 3.97. The maximum Gasteiger partial charge on any atom is 0.340 e. The highest BCUT2D eigenvalue weighted by Gasteiger charge is 2.53. The number of para-hydroxylation sites is 2. The predicted octanol–water partition coefficient (Wildman–Crippen LogP) is 8.29. The van der Waals surface area contributed by atoms with E-state index in [1.54, 1.807) is 0 Å². The molecule has 0 fully saturated rings. The zero-order chi connectivity index (χ0) is 30.4. The normalized spacial score (nSPS) is 16.0. The number of imidazole rings is 1. The van der Waals surface area contributed by atoms with E-state index in [1.807, 2.05) is 37.3 Å². The smallest absolute Gasteiger partial charge is 0.340 e. The first-order valence-corrected chi connectivity index (χ1v) is 15.6. The summed E-state index contributed by atoms with van der Waals surface area (Å²) in [5, 5.41) is 0. The van der Waals surface area contributed by atoms with Gasteiger partial charge in [0.15, 0.2) is 0 Å². The molecule has 3 heterocycles. The van der Waals surface area contributed by atoms with E-state index in [0.717, 1.165) is 69.9 Å². The number of benzene rings is 4. The van der Waals surface area contributed by atoms with Crippen LogP contribution in [0.5, 0.6) is 5.75 Å². The molecular formula is C38H37N3O3. The van der Waals surface area contributed by atoms with Crippen LogP contribution in [0.15, 0.2) is 103 Å². The average molecular weight is 584 g/mol. The second kappa shape index (κ2) is 10.9. The van der Waals surface area contributed by atoms with Gasteiger partial charge in [-0.05, 0) is 69.7 Å². The first-order valence-electron chi connectivity index (χ1n) is 15.6. The quantitative estimate of drug-likeness (QED) is 0.161. The van der Waals surface area contributed by atoms with Crippen molar-refractivity contribution in [1.82, 2.24) is 8.97 Å². The molecule has 2 aromatic heterocycles. The van der Waals surface area contributed by atoms with Gasteiger partial charge in [0.25, 0.3) is 0 Å². The lowest BCUT2D eigenvalue weighted by atomic mass is 9.79. The van der Waals surface area contributed by atoms with Crippen LogP contribution in [0.25, 0.3) is 27.8 Å². The lowest BCUT2D eigenvalue weighted by molar-refractivity contribution is 0.0232. The van der Waals surface area contributed by atoms with Gasteiger partial charge >= 0.3 is 5.97 Å². The van der Waals surface area contributed by atoms with E-state index in [1.165, 1.54) is 0 Å². The molecule has 222 valence electrons. The maximum absolute atomic E-state index is 13.9. The molecule has 1 aliphatic heterocycles. The molecule has 44 heavy (non-hydrogen) atoms. The van der Waals surface area contributed by atoms with Gasteiger partial charge in [-0.1, -0.05) is 60.7 Å². The van der Waals surface area contributed by atoms with Crippen LogP contribution in [-0.4, -0.2) is 34.6 Å². The van der Waals surface area contributed by atoms with E-state index in [4.69, 9.17) is 9.47 Å². The predicted molar refractivity (Wildman–Crippen MR) is 177 cm³/mol. The Morgan fingerprint density at radius 3 is 2.18 bits per heavy atom. The molecule has 7 rings (SSSR count). The van der Waals surface area contributed by atoms with Gasteiger partial charge in [0.1, 0.15) is 11.4 Å². The highest BCUT2D eigenvalue weighted by atomic mass is 16.6. The van der Waals surface area contributed by atoms with Gasteiger partial charge in [-0.25, -0.2) is 4.79 Å². The molecular weight excluding hydrogens is 546 g/mol. The summed E-state index contributed by atoms with van der Waals surface area (Å²) in [5.41, 5.74) is 8.14. The Morgan fingerprint density at radius 1 is 0.750 bits per heavy atom. The molecule has 1 aliphatic rings. The standard InChI is InChI=1S/C38H37N3O3/c1-5-39(6-2)27-22-23-31(34(24-27)43-8-4)38(30-19-13-12-18-28(30)37(42)44-38)36-29(26-16-10-9-11-17-26)25-35-40(7-3)32-20-14-15-21-33(32)41(35)36/h9-25H,5-8H2,1-4H3. The van der Waals surface area contributed by atoms with Crippen molar-refractivity contribution >= 4 is 28.3 Å². The molecule has 1 atom stereocenters. The van der Waals surface area contributed by atoms with Crippen molar-refractivity contribution in [2.75, 3.05) is 24.6 Å². The fourth-order valence-corrected chi connectivity index (χ4v) is 7.04. The number of hydrogen-bond acceptors (Lipinski definition) is 4. The Labute approximate surface area is 258 Å². The van der Waals surface area contributed by atoms with E-state index >= 15 is 0 Å². The molecule has 1 unspecified atom stereocenters. The van der Waals surface area contributed by atoms with Crippen LogP contribution in [-0.2, 0) is 16.9 Å². The van der Waals surface area contributed by atoms with Crippen LogP contribution in [0.2, 0.25) is 0 Å². The van der Waals surface area contributed by atoms with E-state index in [0.29, 0.717) is 17.9 Å². The summed E-state index contributed by atoms with van der Waals surface area (Å²) in [6.45, 7) is 11.5. The Kier molecular flexibility index (Phi) is 6.92. The Hall–Kier alpha value is -4.97. The SMILES string of the molecule is CCOc1cc(N(CC)CC)ccc1C1(c2c(-c3ccccc3)cc3n(CC)c4ccccc4n23)OC(=O)c2ccccc21. The number of esters is 1. The van der Waals surface area contributed by atoms with Crippen molar-refractivity contribution in [2.45, 2.75) is 39.8 Å². The average Bonchev–Trinajstić information content (AvgIpc) is 3.70.